The van der Waals surface area contributed by atoms with Crippen LogP contribution >= 0.6 is 11.3 Å². The molecular formula is C17H26N4O2S. The van der Waals surface area contributed by atoms with Gasteiger partial charge in [-0.05, 0) is 24.8 Å². The Bertz CT molecular complexity index is 581. The number of ether oxygens (including phenoxy) is 1. The lowest BCUT2D eigenvalue weighted by Gasteiger charge is -2.26. The highest BCUT2D eigenvalue weighted by molar-refractivity contribution is 7.13. The minimum Gasteiger partial charge on any atom is -0.380 e. The number of carbonyl (C=O) groups excluding carboxylic acids is 1. The summed E-state index contributed by atoms with van der Waals surface area (Å²) in [5, 5.41) is 6.24. The average molecular weight is 350 g/mol. The van der Waals surface area contributed by atoms with E-state index in [2.05, 4.69) is 26.7 Å². The Hall–Kier alpha value is -1.60. The summed E-state index contributed by atoms with van der Waals surface area (Å²) < 4.78 is 5.13. The Kier molecular flexibility index (Phi) is 6.09. The van der Waals surface area contributed by atoms with Crippen LogP contribution in [0.3, 0.4) is 0 Å². The third-order valence-electron chi connectivity index (χ3n) is 4.49. The molecule has 2 aliphatic rings. The zero-order valence-corrected chi connectivity index (χ0v) is 15.1. The molecule has 0 bridgehead atoms. The van der Waals surface area contributed by atoms with E-state index in [1.54, 1.807) is 18.4 Å². The lowest BCUT2D eigenvalue weighted by molar-refractivity contribution is 0.194. The van der Waals surface area contributed by atoms with Gasteiger partial charge < -0.3 is 19.9 Å². The topological polar surface area (TPSA) is 57.7 Å². The maximum absolute atomic E-state index is 12.2. The van der Waals surface area contributed by atoms with Crippen molar-refractivity contribution in [1.82, 2.24) is 15.2 Å². The molecule has 0 aliphatic carbocycles. The molecule has 0 radical (unpaired) electrons. The number of amides is 2. The van der Waals surface area contributed by atoms with Crippen molar-refractivity contribution >= 4 is 22.5 Å². The molecule has 7 heteroatoms. The Labute approximate surface area is 147 Å². The number of carbonyl (C=O) groups is 1. The first kappa shape index (κ1) is 17.2. The summed E-state index contributed by atoms with van der Waals surface area (Å²) in [5.41, 5.74) is 2.35. The summed E-state index contributed by atoms with van der Waals surface area (Å²) in [7, 11) is 1.70. The normalized spacial score (nSPS) is 18.0. The number of aromatic nitrogens is 1. The molecule has 3 heterocycles. The number of anilines is 1. The molecule has 1 saturated heterocycles. The standard InChI is InChI=1S/C17H26N4O2S/c1-23-12-14-5-10-20(11-6-14)16(22)18-7-4-15-13-24-17(19-15)21-8-2-3-9-21/h5,13H,2-4,6-12H2,1H3,(H,18,22). The fourth-order valence-corrected chi connectivity index (χ4v) is 4.00. The quantitative estimate of drug-likeness (QED) is 0.800. The number of nitrogens with zero attached hydrogens (tertiary/aromatic N) is 3. The van der Waals surface area contributed by atoms with E-state index in [1.165, 1.54) is 18.4 Å². The molecule has 1 aromatic heterocycles. The molecule has 1 fully saturated rings. The number of nitrogens with one attached hydrogen (secondary N) is 1. The predicted molar refractivity (Wildman–Crippen MR) is 96.8 cm³/mol. The van der Waals surface area contributed by atoms with Crippen molar-refractivity contribution in [3.63, 3.8) is 0 Å². The number of hydrogen-bond donors (Lipinski definition) is 1. The van der Waals surface area contributed by atoms with Crippen molar-refractivity contribution in [3.8, 4) is 0 Å². The van der Waals surface area contributed by atoms with Gasteiger partial charge in [-0.15, -0.1) is 11.3 Å². The maximum atomic E-state index is 12.2. The number of urea groups is 1. The molecule has 132 valence electrons. The van der Waals surface area contributed by atoms with Crippen LogP contribution in [0.5, 0.6) is 0 Å². The molecule has 3 rings (SSSR count). The van der Waals surface area contributed by atoms with E-state index in [4.69, 9.17) is 4.74 Å². The van der Waals surface area contributed by atoms with Gasteiger partial charge >= 0.3 is 6.03 Å². The third kappa shape index (κ3) is 4.48. The van der Waals surface area contributed by atoms with Crippen molar-refractivity contribution in [2.24, 2.45) is 0 Å². The number of methoxy groups -OCH3 is 1. The van der Waals surface area contributed by atoms with Crippen LogP contribution in [0, 0.1) is 0 Å². The molecule has 0 atom stereocenters. The highest BCUT2D eigenvalue weighted by atomic mass is 32.1. The smallest absolute Gasteiger partial charge is 0.317 e. The zero-order chi connectivity index (χ0) is 16.8. The van der Waals surface area contributed by atoms with Crippen LogP contribution in [0.1, 0.15) is 25.0 Å². The fourth-order valence-electron chi connectivity index (χ4n) is 3.09. The first-order chi connectivity index (χ1) is 11.8. The molecule has 6 nitrogen and oxygen atoms in total. The van der Waals surface area contributed by atoms with Gasteiger partial charge in [0.2, 0.25) is 0 Å². The van der Waals surface area contributed by atoms with E-state index >= 15 is 0 Å². The van der Waals surface area contributed by atoms with Gasteiger partial charge in [0, 0.05) is 51.6 Å². The molecule has 1 N–H and O–H groups in total. The van der Waals surface area contributed by atoms with Crippen LogP contribution < -0.4 is 10.2 Å². The molecule has 2 aliphatic heterocycles. The summed E-state index contributed by atoms with van der Waals surface area (Å²) in [5.74, 6) is 0. The Morgan fingerprint density at radius 3 is 2.92 bits per heavy atom. The second-order valence-corrected chi connectivity index (χ2v) is 7.13. The second-order valence-electron chi connectivity index (χ2n) is 6.29. The van der Waals surface area contributed by atoms with Crippen molar-refractivity contribution in [1.29, 1.82) is 0 Å². The van der Waals surface area contributed by atoms with Crippen LogP contribution in [0.4, 0.5) is 9.93 Å². The highest BCUT2D eigenvalue weighted by Gasteiger charge is 2.18. The highest BCUT2D eigenvalue weighted by Crippen LogP contribution is 2.24. The Morgan fingerprint density at radius 2 is 2.21 bits per heavy atom. The van der Waals surface area contributed by atoms with E-state index in [0.29, 0.717) is 19.7 Å². The summed E-state index contributed by atoms with van der Waals surface area (Å²) in [6.07, 6.45) is 6.30. The monoisotopic (exact) mass is 350 g/mol. The van der Waals surface area contributed by atoms with Crippen LogP contribution in [0.15, 0.2) is 17.0 Å². The minimum absolute atomic E-state index is 0.0118. The van der Waals surface area contributed by atoms with E-state index in [0.717, 1.165) is 43.3 Å². The summed E-state index contributed by atoms with van der Waals surface area (Å²) in [4.78, 5) is 21.1. The Morgan fingerprint density at radius 1 is 1.38 bits per heavy atom. The van der Waals surface area contributed by atoms with Gasteiger partial charge in [-0.2, -0.15) is 0 Å². The number of thiazole rings is 1. The third-order valence-corrected chi connectivity index (χ3v) is 5.44. The van der Waals surface area contributed by atoms with Gasteiger partial charge in [0.25, 0.3) is 0 Å². The molecule has 0 spiro atoms. The van der Waals surface area contributed by atoms with E-state index < -0.39 is 0 Å². The first-order valence-electron chi connectivity index (χ1n) is 8.65. The number of rotatable bonds is 6. The Balaban J connectivity index is 1.39. The lowest BCUT2D eigenvalue weighted by atomic mass is 10.1. The minimum atomic E-state index is 0.0118. The average Bonchev–Trinajstić information content (AvgIpc) is 3.27. The molecule has 0 saturated carbocycles. The van der Waals surface area contributed by atoms with Crippen LogP contribution in [-0.4, -0.2) is 62.4 Å². The van der Waals surface area contributed by atoms with E-state index in [9.17, 15) is 4.79 Å². The van der Waals surface area contributed by atoms with Crippen LogP contribution in [0.2, 0.25) is 0 Å². The van der Waals surface area contributed by atoms with Crippen LogP contribution in [0.25, 0.3) is 0 Å². The van der Waals surface area contributed by atoms with Gasteiger partial charge in [0.15, 0.2) is 5.13 Å². The molecule has 0 aromatic carbocycles. The predicted octanol–water partition coefficient (Wildman–Crippen LogP) is 2.27. The van der Waals surface area contributed by atoms with Crippen molar-refractivity contribution in [2.75, 3.05) is 51.3 Å². The van der Waals surface area contributed by atoms with Gasteiger partial charge in [-0.25, -0.2) is 9.78 Å². The van der Waals surface area contributed by atoms with Gasteiger partial charge in [0.05, 0.1) is 12.3 Å². The SMILES string of the molecule is COCC1=CCN(C(=O)NCCc2csc(N3CCCC3)n2)CC1. The van der Waals surface area contributed by atoms with E-state index in [-0.39, 0.29) is 6.03 Å². The lowest BCUT2D eigenvalue weighted by Crippen LogP contribution is -2.43. The van der Waals surface area contributed by atoms with Gasteiger partial charge in [-0.1, -0.05) is 6.08 Å². The van der Waals surface area contributed by atoms with Crippen molar-refractivity contribution < 1.29 is 9.53 Å². The van der Waals surface area contributed by atoms with Gasteiger partial charge in [0.1, 0.15) is 0 Å². The molecule has 1 aromatic rings. The summed E-state index contributed by atoms with van der Waals surface area (Å²) in [6.45, 7) is 4.97. The fraction of sp³-hybridized carbons (Fsp3) is 0.647. The molecule has 24 heavy (non-hydrogen) atoms. The zero-order valence-electron chi connectivity index (χ0n) is 14.3. The first-order valence-corrected chi connectivity index (χ1v) is 9.53. The summed E-state index contributed by atoms with van der Waals surface area (Å²) >= 11 is 1.71. The molecular weight excluding hydrogens is 324 g/mol. The second kappa shape index (κ2) is 8.48. The van der Waals surface area contributed by atoms with Crippen molar-refractivity contribution in [3.05, 3.63) is 22.7 Å². The van der Waals surface area contributed by atoms with Crippen molar-refractivity contribution in [2.45, 2.75) is 25.7 Å². The van der Waals surface area contributed by atoms with Crippen LogP contribution in [-0.2, 0) is 11.2 Å². The molecule has 2 amide bonds. The van der Waals surface area contributed by atoms with Gasteiger partial charge in [-0.3, -0.25) is 0 Å². The molecule has 0 unspecified atom stereocenters. The maximum Gasteiger partial charge on any atom is 0.317 e. The number of hydrogen-bond acceptors (Lipinski definition) is 5. The largest absolute Gasteiger partial charge is 0.380 e. The van der Waals surface area contributed by atoms with E-state index in [1.807, 2.05) is 4.90 Å². The summed E-state index contributed by atoms with van der Waals surface area (Å²) in [6, 6.07) is 0.0118.